The van der Waals surface area contributed by atoms with Gasteiger partial charge in [-0.25, -0.2) is 0 Å². The Kier molecular flexibility index (Phi) is 9.83. The molecule has 0 spiro atoms. The Bertz CT molecular complexity index is 1000. The van der Waals surface area contributed by atoms with Crippen molar-refractivity contribution >= 4 is 16.6 Å². The highest BCUT2D eigenvalue weighted by Crippen LogP contribution is 2.40. The van der Waals surface area contributed by atoms with Crippen molar-refractivity contribution in [3.63, 3.8) is 0 Å². The van der Waals surface area contributed by atoms with Gasteiger partial charge < -0.3 is 18.7 Å². The van der Waals surface area contributed by atoms with Crippen molar-refractivity contribution in [3.05, 3.63) is 64.2 Å². The van der Waals surface area contributed by atoms with Gasteiger partial charge in [-0.2, -0.15) is 0 Å². The van der Waals surface area contributed by atoms with Crippen LogP contribution >= 0.6 is 0 Å². The molecule has 0 fully saturated rings. The average Bonchev–Trinajstić information content (AvgIpc) is 2.79. The predicted octanol–water partition coefficient (Wildman–Crippen LogP) is 7.78. The van der Waals surface area contributed by atoms with Crippen LogP contribution in [0.2, 0.25) is 36.3 Å². The van der Waals surface area contributed by atoms with Gasteiger partial charge in [0.1, 0.15) is 12.4 Å². The van der Waals surface area contributed by atoms with Gasteiger partial charge in [0, 0.05) is 16.7 Å². The Labute approximate surface area is 221 Å². The topological polar surface area (TPSA) is 47.9 Å². The molecule has 0 saturated heterocycles. The van der Waals surface area contributed by atoms with Gasteiger partial charge in [0.25, 0.3) is 0 Å². The minimum absolute atomic E-state index is 0.0264. The number of aliphatic hydroxyl groups is 1. The third kappa shape index (κ3) is 7.80. The normalized spacial score (nSPS) is 12.9. The lowest BCUT2D eigenvalue weighted by Gasteiger charge is -2.37. The van der Waals surface area contributed by atoms with E-state index in [2.05, 4.69) is 73.7 Å². The van der Waals surface area contributed by atoms with Gasteiger partial charge in [-0.1, -0.05) is 71.7 Å². The number of aliphatic hydroxyl groups excluding tert-OH is 1. The summed E-state index contributed by atoms with van der Waals surface area (Å²) in [5.41, 5.74) is 4.62. The summed E-state index contributed by atoms with van der Waals surface area (Å²) in [5.74, 6) is 3.60. The Morgan fingerprint density at radius 2 is 1.17 bits per heavy atom. The fourth-order valence-electron chi connectivity index (χ4n) is 3.08. The van der Waals surface area contributed by atoms with Crippen molar-refractivity contribution in [2.45, 2.75) is 104 Å². The second-order valence-corrected chi connectivity index (χ2v) is 22.2. The van der Waals surface area contributed by atoms with Crippen LogP contribution in [0.25, 0.3) is 0 Å². The maximum Gasteiger partial charge on any atom is 0.192 e. The van der Waals surface area contributed by atoms with E-state index in [1.54, 1.807) is 0 Å². The minimum Gasteiger partial charge on any atom is -0.488 e. The van der Waals surface area contributed by atoms with E-state index in [9.17, 15) is 5.11 Å². The highest BCUT2D eigenvalue weighted by atomic mass is 28.4. The Balaban J connectivity index is 2.45. The number of terminal acetylenes is 1. The molecule has 0 aliphatic carbocycles. The van der Waals surface area contributed by atoms with Crippen LogP contribution in [0.4, 0.5) is 0 Å². The monoisotopic (exact) mass is 526 g/mol. The predicted molar refractivity (Wildman–Crippen MR) is 155 cm³/mol. The van der Waals surface area contributed by atoms with Gasteiger partial charge in [0.05, 0.1) is 19.8 Å². The van der Waals surface area contributed by atoms with Crippen molar-refractivity contribution in [3.8, 4) is 18.1 Å². The fourth-order valence-corrected chi connectivity index (χ4v) is 4.98. The molecule has 0 atom stereocenters. The van der Waals surface area contributed by atoms with E-state index in [1.807, 2.05) is 36.4 Å². The van der Waals surface area contributed by atoms with E-state index in [0.29, 0.717) is 19.8 Å². The van der Waals surface area contributed by atoms with Gasteiger partial charge in [0.2, 0.25) is 0 Å². The zero-order chi connectivity index (χ0) is 27.4. The lowest BCUT2D eigenvalue weighted by atomic mass is 10.0. The number of ether oxygens (including phenoxy) is 1. The second-order valence-electron chi connectivity index (χ2n) is 12.6. The Morgan fingerprint density at radius 1 is 0.750 bits per heavy atom. The third-order valence-corrected chi connectivity index (χ3v) is 16.7. The Morgan fingerprint density at radius 3 is 1.53 bits per heavy atom. The number of hydrogen-bond acceptors (Lipinski definition) is 4. The molecule has 0 amide bonds. The van der Waals surface area contributed by atoms with Gasteiger partial charge in [-0.05, 0) is 59.5 Å². The maximum atomic E-state index is 9.35. The molecule has 6 heteroatoms. The number of benzene rings is 2. The number of rotatable bonds is 10. The molecule has 4 nitrogen and oxygen atoms in total. The van der Waals surface area contributed by atoms with Crippen LogP contribution < -0.4 is 4.74 Å². The van der Waals surface area contributed by atoms with E-state index in [0.717, 1.165) is 33.6 Å². The molecule has 198 valence electrons. The molecule has 36 heavy (non-hydrogen) atoms. The molecule has 2 rings (SSSR count). The SMILES string of the molecule is C#Cc1cc(CO[Si](C)(C)C(C)(C)C)c(OCc2ccc(CO)cc2)c(CO[Si](C)(C)C(C)(C)C)c1. The summed E-state index contributed by atoms with van der Waals surface area (Å²) in [7, 11) is -3.96. The molecule has 1 N–H and O–H groups in total. The van der Waals surface area contributed by atoms with Crippen molar-refractivity contribution in [2.24, 2.45) is 0 Å². The molecular weight excluding hydrogens is 480 g/mol. The largest absolute Gasteiger partial charge is 0.488 e. The van der Waals surface area contributed by atoms with E-state index in [4.69, 9.17) is 20.0 Å². The molecule has 0 saturated carbocycles. The zero-order valence-corrected chi connectivity index (χ0v) is 26.0. The van der Waals surface area contributed by atoms with Crippen LogP contribution in [-0.2, 0) is 35.3 Å². The molecule has 2 aromatic rings. The molecule has 0 bridgehead atoms. The van der Waals surface area contributed by atoms with Gasteiger partial charge in [-0.15, -0.1) is 6.42 Å². The molecule has 0 aliphatic rings. The van der Waals surface area contributed by atoms with Crippen LogP contribution in [0.15, 0.2) is 36.4 Å². The van der Waals surface area contributed by atoms with Crippen molar-refractivity contribution < 1.29 is 18.7 Å². The lowest BCUT2D eigenvalue weighted by molar-refractivity contribution is 0.242. The minimum atomic E-state index is -1.98. The third-order valence-electron chi connectivity index (χ3n) is 7.79. The van der Waals surface area contributed by atoms with Gasteiger partial charge in [-0.3, -0.25) is 0 Å². The molecular formula is C30H46O4Si2. The summed E-state index contributed by atoms with van der Waals surface area (Å²) in [6, 6.07) is 11.8. The molecule has 0 heterocycles. The van der Waals surface area contributed by atoms with Crippen LogP contribution in [0.5, 0.6) is 5.75 Å². The molecule has 0 unspecified atom stereocenters. The average molecular weight is 527 g/mol. The molecule has 0 aromatic heterocycles. The second kappa shape index (κ2) is 11.7. The smallest absolute Gasteiger partial charge is 0.192 e. The lowest BCUT2D eigenvalue weighted by Crippen LogP contribution is -2.40. The summed E-state index contributed by atoms with van der Waals surface area (Å²) in [5, 5.41) is 9.55. The summed E-state index contributed by atoms with van der Waals surface area (Å²) < 4.78 is 19.6. The molecule has 0 aliphatic heterocycles. The van der Waals surface area contributed by atoms with E-state index in [1.165, 1.54) is 0 Å². The highest BCUT2D eigenvalue weighted by Gasteiger charge is 2.38. The van der Waals surface area contributed by atoms with Crippen molar-refractivity contribution in [2.75, 3.05) is 0 Å². The quantitative estimate of drug-likeness (QED) is 0.254. The summed E-state index contributed by atoms with van der Waals surface area (Å²) in [4.78, 5) is 0. The van der Waals surface area contributed by atoms with Crippen LogP contribution in [-0.4, -0.2) is 21.7 Å². The first kappa shape index (κ1) is 30.3. The first-order valence-corrected chi connectivity index (χ1v) is 18.5. The zero-order valence-electron chi connectivity index (χ0n) is 24.0. The maximum absolute atomic E-state index is 9.35. The van der Waals surface area contributed by atoms with Gasteiger partial charge >= 0.3 is 0 Å². The fraction of sp³-hybridized carbons (Fsp3) is 0.533. The van der Waals surface area contributed by atoms with Crippen LogP contribution in [0, 0.1) is 12.3 Å². The van der Waals surface area contributed by atoms with E-state index < -0.39 is 16.6 Å². The summed E-state index contributed by atoms with van der Waals surface area (Å²) in [6.45, 7) is 23.8. The first-order chi connectivity index (χ1) is 16.5. The van der Waals surface area contributed by atoms with E-state index in [-0.39, 0.29) is 16.7 Å². The number of hydrogen-bond donors (Lipinski definition) is 1. The summed E-state index contributed by atoms with van der Waals surface area (Å²) in [6.07, 6.45) is 5.86. The van der Waals surface area contributed by atoms with Gasteiger partial charge in [0.15, 0.2) is 16.6 Å². The van der Waals surface area contributed by atoms with Crippen molar-refractivity contribution in [1.29, 1.82) is 0 Å². The highest BCUT2D eigenvalue weighted by molar-refractivity contribution is 6.74. The molecule has 0 radical (unpaired) electrons. The Hall–Kier alpha value is -1.89. The van der Waals surface area contributed by atoms with Crippen molar-refractivity contribution in [1.82, 2.24) is 0 Å². The first-order valence-electron chi connectivity index (χ1n) is 12.7. The molecule has 2 aromatic carbocycles. The van der Waals surface area contributed by atoms with E-state index >= 15 is 0 Å². The van der Waals surface area contributed by atoms with Crippen LogP contribution in [0.1, 0.15) is 69.4 Å². The standard InChI is InChI=1S/C30H46O4Si2/c1-12-23-17-26(21-33-35(8,9)29(2,3)4)28(32-20-25-15-13-24(19-31)14-16-25)27(18-23)22-34-36(10,11)30(5,6)7/h1,13-18,31H,19-22H2,2-11H3. The van der Waals surface area contributed by atoms with Crippen LogP contribution in [0.3, 0.4) is 0 Å². The summed E-state index contributed by atoms with van der Waals surface area (Å²) >= 11 is 0.